The van der Waals surface area contributed by atoms with E-state index in [4.69, 9.17) is 8.83 Å². The van der Waals surface area contributed by atoms with E-state index in [1.807, 2.05) is 24.3 Å². The van der Waals surface area contributed by atoms with Gasteiger partial charge in [-0.15, -0.1) is 0 Å². The Morgan fingerprint density at radius 3 is 2.56 bits per heavy atom. The third kappa shape index (κ3) is 1.10. The fourth-order valence-electron chi connectivity index (χ4n) is 2.38. The van der Waals surface area contributed by atoms with Crippen LogP contribution < -0.4 is 5.43 Å². The van der Waals surface area contributed by atoms with Crippen LogP contribution in [-0.4, -0.2) is 0 Å². The predicted octanol–water partition coefficient (Wildman–Crippen LogP) is 3.69. The van der Waals surface area contributed by atoms with E-state index in [0.717, 1.165) is 16.4 Å². The monoisotopic (exact) mass is 236 g/mol. The number of rotatable bonds is 0. The SMILES string of the molecule is O=c1cccc2oc3coc4ccccc4c3c12. The molecular weight excluding hydrogens is 228 g/mol. The second-order valence-corrected chi connectivity index (χ2v) is 4.20. The van der Waals surface area contributed by atoms with Crippen molar-refractivity contribution in [3.63, 3.8) is 0 Å². The van der Waals surface area contributed by atoms with Gasteiger partial charge in [0.2, 0.25) is 0 Å². The van der Waals surface area contributed by atoms with Gasteiger partial charge >= 0.3 is 0 Å². The topological polar surface area (TPSA) is 43.4 Å². The van der Waals surface area contributed by atoms with E-state index in [9.17, 15) is 4.79 Å². The van der Waals surface area contributed by atoms with Crippen LogP contribution in [0, 0.1) is 0 Å². The molecule has 0 bridgehead atoms. The molecule has 3 heteroatoms. The van der Waals surface area contributed by atoms with Gasteiger partial charge in [-0.2, -0.15) is 0 Å². The van der Waals surface area contributed by atoms with Crippen molar-refractivity contribution < 1.29 is 8.83 Å². The molecule has 2 heterocycles. The zero-order valence-corrected chi connectivity index (χ0v) is 9.34. The first-order valence-electron chi connectivity index (χ1n) is 5.66. The third-order valence-electron chi connectivity index (χ3n) is 3.15. The number of furan rings is 1. The van der Waals surface area contributed by atoms with Crippen LogP contribution in [0.15, 0.2) is 62.4 Å². The number of hydrogen-bond donors (Lipinski definition) is 0. The molecule has 4 rings (SSSR count). The molecule has 3 nitrogen and oxygen atoms in total. The van der Waals surface area contributed by atoms with Gasteiger partial charge in [-0.1, -0.05) is 24.3 Å². The van der Waals surface area contributed by atoms with Gasteiger partial charge in [0.25, 0.3) is 0 Å². The third-order valence-corrected chi connectivity index (χ3v) is 3.15. The molecular formula is C15H8O3. The van der Waals surface area contributed by atoms with Crippen LogP contribution in [0.5, 0.6) is 0 Å². The van der Waals surface area contributed by atoms with Crippen molar-refractivity contribution in [2.75, 3.05) is 0 Å². The highest BCUT2D eigenvalue weighted by atomic mass is 16.4. The zero-order chi connectivity index (χ0) is 12.1. The molecule has 0 amide bonds. The van der Waals surface area contributed by atoms with Crippen LogP contribution in [0.3, 0.4) is 0 Å². The zero-order valence-electron chi connectivity index (χ0n) is 9.34. The second kappa shape index (κ2) is 3.23. The first kappa shape index (κ1) is 9.48. The van der Waals surface area contributed by atoms with Gasteiger partial charge in [0, 0.05) is 10.8 Å². The summed E-state index contributed by atoms with van der Waals surface area (Å²) in [5.41, 5.74) is 1.93. The molecule has 18 heavy (non-hydrogen) atoms. The Labute approximate surface area is 101 Å². The number of hydrogen-bond acceptors (Lipinski definition) is 3. The van der Waals surface area contributed by atoms with Gasteiger partial charge in [0.05, 0.1) is 5.39 Å². The van der Waals surface area contributed by atoms with Gasteiger partial charge in [-0.25, -0.2) is 0 Å². The molecule has 2 aromatic carbocycles. The predicted molar refractivity (Wildman–Crippen MR) is 69.8 cm³/mol. The quantitative estimate of drug-likeness (QED) is 0.467. The standard InChI is InChI=1S/C15H8O3/c16-10-5-3-7-12-15(10)14-9-4-1-2-6-11(9)17-8-13(14)18-12/h1-8H. The summed E-state index contributed by atoms with van der Waals surface area (Å²) in [4.78, 5) is 12.0. The number of benzene rings is 2. The van der Waals surface area contributed by atoms with Gasteiger partial charge in [-0.05, 0) is 18.2 Å². The van der Waals surface area contributed by atoms with E-state index in [1.54, 1.807) is 24.5 Å². The maximum atomic E-state index is 12.0. The first-order valence-corrected chi connectivity index (χ1v) is 5.66. The van der Waals surface area contributed by atoms with Crippen molar-refractivity contribution in [1.82, 2.24) is 0 Å². The molecule has 0 fully saturated rings. The molecule has 4 aromatic rings. The summed E-state index contributed by atoms with van der Waals surface area (Å²) in [6, 6.07) is 12.7. The largest absolute Gasteiger partial charge is 0.460 e. The van der Waals surface area contributed by atoms with Crippen LogP contribution in [0.25, 0.3) is 32.9 Å². The molecule has 2 aromatic heterocycles. The van der Waals surface area contributed by atoms with E-state index < -0.39 is 0 Å². The van der Waals surface area contributed by atoms with Crippen molar-refractivity contribution in [2.24, 2.45) is 0 Å². The van der Waals surface area contributed by atoms with Crippen LogP contribution in [-0.2, 0) is 0 Å². The Kier molecular flexibility index (Phi) is 1.70. The minimum absolute atomic E-state index is 0.0254. The maximum absolute atomic E-state index is 12.0. The Hall–Kier alpha value is -2.55. The Balaban J connectivity index is 2.44. The van der Waals surface area contributed by atoms with Crippen LogP contribution in [0.1, 0.15) is 0 Å². The van der Waals surface area contributed by atoms with Crippen molar-refractivity contribution >= 4 is 32.9 Å². The molecule has 0 N–H and O–H groups in total. The fraction of sp³-hybridized carbons (Fsp3) is 0. The summed E-state index contributed by atoms with van der Waals surface area (Å²) in [6.45, 7) is 0. The number of fused-ring (bicyclic) bond motifs is 5. The lowest BCUT2D eigenvalue weighted by molar-refractivity contribution is 0.582. The normalized spacial score (nSPS) is 11.6. The molecule has 0 spiro atoms. The highest BCUT2D eigenvalue weighted by Crippen LogP contribution is 2.32. The molecule has 0 aliphatic carbocycles. The van der Waals surface area contributed by atoms with Crippen molar-refractivity contribution in [3.05, 3.63) is 59.0 Å². The lowest BCUT2D eigenvalue weighted by atomic mass is 10.1. The molecule has 0 atom stereocenters. The summed E-state index contributed by atoms with van der Waals surface area (Å²) in [5.74, 6) is 0. The Morgan fingerprint density at radius 1 is 0.778 bits per heavy atom. The average Bonchev–Trinajstić information content (AvgIpc) is 2.79. The molecule has 0 aliphatic rings. The Morgan fingerprint density at radius 2 is 1.61 bits per heavy atom. The summed E-state index contributed by atoms with van der Waals surface area (Å²) in [7, 11) is 0. The molecule has 0 aliphatic heterocycles. The summed E-state index contributed by atoms with van der Waals surface area (Å²) in [5, 5.41) is 2.36. The highest BCUT2D eigenvalue weighted by molar-refractivity contribution is 6.16. The molecule has 86 valence electrons. The molecule has 0 radical (unpaired) electrons. The second-order valence-electron chi connectivity index (χ2n) is 4.20. The van der Waals surface area contributed by atoms with Crippen LogP contribution in [0.4, 0.5) is 0 Å². The van der Waals surface area contributed by atoms with Gasteiger partial charge in [0.15, 0.2) is 11.0 Å². The smallest absolute Gasteiger partial charge is 0.190 e. The van der Waals surface area contributed by atoms with Crippen molar-refractivity contribution in [2.45, 2.75) is 0 Å². The fourth-order valence-corrected chi connectivity index (χ4v) is 2.38. The first-order chi connectivity index (χ1) is 8.84. The Bertz CT molecular complexity index is 944. The summed E-state index contributed by atoms with van der Waals surface area (Å²) >= 11 is 0. The molecule has 0 saturated heterocycles. The minimum Gasteiger partial charge on any atom is -0.460 e. The van der Waals surface area contributed by atoms with Crippen LogP contribution in [0.2, 0.25) is 0 Å². The highest BCUT2D eigenvalue weighted by Gasteiger charge is 2.13. The number of para-hydroxylation sites is 1. The van der Waals surface area contributed by atoms with Gasteiger partial charge in [-0.3, -0.25) is 4.79 Å². The van der Waals surface area contributed by atoms with E-state index in [2.05, 4.69) is 0 Å². The maximum Gasteiger partial charge on any atom is 0.190 e. The van der Waals surface area contributed by atoms with Gasteiger partial charge < -0.3 is 8.83 Å². The lowest BCUT2D eigenvalue weighted by Crippen LogP contribution is -1.95. The summed E-state index contributed by atoms with van der Waals surface area (Å²) in [6.07, 6.45) is 1.55. The average molecular weight is 236 g/mol. The van der Waals surface area contributed by atoms with E-state index in [0.29, 0.717) is 16.6 Å². The van der Waals surface area contributed by atoms with E-state index in [-0.39, 0.29) is 5.43 Å². The van der Waals surface area contributed by atoms with Crippen LogP contribution >= 0.6 is 0 Å². The van der Waals surface area contributed by atoms with Gasteiger partial charge in [0.1, 0.15) is 17.4 Å². The molecule has 0 saturated carbocycles. The molecule has 0 unspecified atom stereocenters. The van der Waals surface area contributed by atoms with Crippen molar-refractivity contribution in [1.29, 1.82) is 0 Å². The van der Waals surface area contributed by atoms with E-state index >= 15 is 0 Å². The lowest BCUT2D eigenvalue weighted by Gasteiger charge is -1.97. The van der Waals surface area contributed by atoms with Crippen molar-refractivity contribution in [3.8, 4) is 0 Å². The minimum atomic E-state index is -0.0254. The van der Waals surface area contributed by atoms with E-state index in [1.165, 1.54) is 0 Å². The summed E-state index contributed by atoms with van der Waals surface area (Å²) < 4.78 is 11.1.